The maximum Gasteiger partial charge on any atom is 0.296 e. The van der Waals surface area contributed by atoms with Gasteiger partial charge in [0.1, 0.15) is 43.1 Å². The summed E-state index contributed by atoms with van der Waals surface area (Å²) in [5, 5.41) is 86.2. The molecule has 8 rings (SSSR count). The molecule has 8 aromatic carbocycles. The number of azo groups is 4. The lowest BCUT2D eigenvalue weighted by molar-refractivity contribution is -0.384. The molecule has 0 atom stereocenters. The summed E-state index contributed by atoms with van der Waals surface area (Å²) in [6.07, 6.45) is 0. The topological polar surface area (TPSA) is 412 Å². The van der Waals surface area contributed by atoms with Gasteiger partial charge < -0.3 is 26.2 Å². The Bertz CT molecular complexity index is 4040. The number of aliphatic hydroxyl groups excluding tert-OH is 1. The number of nitrogens with two attached hydrogens (primary N) is 1. The van der Waals surface area contributed by atoms with Gasteiger partial charge in [0.15, 0.2) is 17.2 Å². The molecule has 0 aliphatic rings. The third kappa shape index (κ3) is 10.0. The smallest absolute Gasteiger partial charge is 0.296 e. The van der Waals surface area contributed by atoms with E-state index in [0.717, 1.165) is 30.3 Å². The Kier molecular flexibility index (Phi) is 12.8. The van der Waals surface area contributed by atoms with E-state index in [1.54, 1.807) is 0 Å². The molecule has 0 saturated heterocycles. The van der Waals surface area contributed by atoms with Gasteiger partial charge in [-0.25, -0.2) is 0 Å². The number of anilines is 1. The summed E-state index contributed by atoms with van der Waals surface area (Å²) in [4.78, 5) is 8.09. The molecule has 0 aromatic heterocycles. The number of rotatable bonds is 13. The summed E-state index contributed by atoms with van der Waals surface area (Å²) in [6.45, 7) is -0.501. The Morgan fingerprint density at radius 2 is 0.972 bits per heavy atom. The summed E-state index contributed by atoms with van der Waals surface area (Å²) in [7, 11) is -14.8. The zero-order valence-electron chi connectivity index (χ0n) is 35.4. The second kappa shape index (κ2) is 18.6. The van der Waals surface area contributed by atoms with Crippen molar-refractivity contribution in [1.82, 2.24) is 0 Å². The molecule has 0 radical (unpaired) electrons. The van der Waals surface area contributed by atoms with Crippen LogP contribution in [0.3, 0.4) is 0 Å². The van der Waals surface area contributed by atoms with E-state index in [2.05, 4.69) is 40.9 Å². The lowest BCUT2D eigenvalue weighted by atomic mass is 10.1. The highest BCUT2D eigenvalue weighted by Crippen LogP contribution is 2.47. The number of nitro benzene ring substituents is 1. The third-order valence-electron chi connectivity index (χ3n) is 10.4. The number of aliphatic hydroxyl groups is 1. The molecule has 0 spiro atoms. The van der Waals surface area contributed by atoms with E-state index in [1.165, 1.54) is 84.9 Å². The Morgan fingerprint density at radius 3 is 1.63 bits per heavy atom. The van der Waals surface area contributed by atoms with Gasteiger partial charge in [-0.1, -0.05) is 24.3 Å². The maximum absolute atomic E-state index is 12.6. The van der Waals surface area contributed by atoms with Crippen molar-refractivity contribution in [2.75, 3.05) is 5.73 Å². The highest BCUT2D eigenvalue weighted by Gasteiger charge is 2.25. The predicted molar refractivity (Wildman–Crippen MR) is 253 cm³/mol. The second-order valence-electron chi connectivity index (χ2n) is 14.9. The number of non-ortho nitro benzene ring substituents is 1. The normalized spacial score (nSPS) is 12.7. The molecule has 28 heteroatoms. The fraction of sp³-hybridized carbons (Fsp3) is 0.0233. The molecule has 0 fully saturated rings. The molecule has 0 saturated carbocycles. The van der Waals surface area contributed by atoms with E-state index < -0.39 is 85.1 Å². The summed E-state index contributed by atoms with van der Waals surface area (Å²) in [6, 6.07) is 23.8. The molecular formula is C43H30N10O15S3. The first-order valence-corrected chi connectivity index (χ1v) is 24.0. The fourth-order valence-electron chi connectivity index (χ4n) is 6.98. The van der Waals surface area contributed by atoms with Crippen LogP contribution in [0.25, 0.3) is 32.3 Å². The van der Waals surface area contributed by atoms with Crippen LogP contribution in [-0.4, -0.2) is 64.3 Å². The summed E-state index contributed by atoms with van der Waals surface area (Å²) >= 11 is 0. The van der Waals surface area contributed by atoms with Gasteiger partial charge in [0.05, 0.1) is 39.7 Å². The predicted octanol–water partition coefficient (Wildman–Crippen LogP) is 10.6. The van der Waals surface area contributed by atoms with Crippen LogP contribution in [0.5, 0.6) is 17.2 Å². The molecule has 0 amide bonds. The molecule has 0 bridgehead atoms. The minimum Gasteiger partial charge on any atom is -0.505 e. The van der Waals surface area contributed by atoms with Crippen LogP contribution in [0.4, 0.5) is 56.9 Å². The number of nitro groups is 1. The van der Waals surface area contributed by atoms with Crippen LogP contribution in [0, 0.1) is 10.1 Å². The van der Waals surface area contributed by atoms with Crippen LogP contribution < -0.4 is 5.73 Å². The minimum absolute atomic E-state index is 0.0109. The van der Waals surface area contributed by atoms with Crippen molar-refractivity contribution < 1.29 is 64.3 Å². The van der Waals surface area contributed by atoms with E-state index in [9.17, 15) is 69.5 Å². The summed E-state index contributed by atoms with van der Waals surface area (Å²) in [5.41, 5.74) is 4.11. The number of benzene rings is 8. The zero-order chi connectivity index (χ0) is 51.2. The highest BCUT2D eigenvalue weighted by atomic mass is 32.2. The van der Waals surface area contributed by atoms with Gasteiger partial charge in [-0.3, -0.25) is 23.8 Å². The highest BCUT2D eigenvalue weighted by molar-refractivity contribution is 7.86. The van der Waals surface area contributed by atoms with Gasteiger partial charge in [0.25, 0.3) is 36.0 Å². The van der Waals surface area contributed by atoms with Crippen molar-refractivity contribution in [3.8, 4) is 17.2 Å². The Morgan fingerprint density at radius 1 is 0.479 bits per heavy atom. The van der Waals surface area contributed by atoms with Gasteiger partial charge in [-0.05, 0) is 101 Å². The summed E-state index contributed by atoms with van der Waals surface area (Å²) < 4.78 is 104. The number of nitrogens with zero attached hydrogens (tertiary/aromatic N) is 9. The van der Waals surface area contributed by atoms with E-state index >= 15 is 0 Å². The molecule has 8 aromatic rings. The van der Waals surface area contributed by atoms with Crippen molar-refractivity contribution in [1.29, 1.82) is 0 Å². The van der Waals surface area contributed by atoms with Gasteiger partial charge in [-0.15, -0.1) is 25.6 Å². The Balaban J connectivity index is 1.11. The molecule has 0 aliphatic heterocycles. The number of fused-ring (bicyclic) bond motifs is 3. The maximum atomic E-state index is 12.6. The number of phenolic OH excluding ortho intramolecular Hbond substituents is 3. The number of hydrogen-bond acceptors (Lipinski definition) is 21. The first-order valence-electron chi connectivity index (χ1n) is 19.7. The average molecular weight is 1020 g/mol. The second-order valence-corrected chi connectivity index (χ2v) is 19.1. The third-order valence-corrected chi connectivity index (χ3v) is 13.0. The van der Waals surface area contributed by atoms with Crippen molar-refractivity contribution in [2.45, 2.75) is 21.3 Å². The number of nitrogen functional groups attached to an aromatic ring is 1. The molecule has 71 heavy (non-hydrogen) atoms. The quantitative estimate of drug-likeness (QED) is 0.0175. The molecule has 25 nitrogen and oxygen atoms in total. The van der Waals surface area contributed by atoms with Gasteiger partial charge in [-0.2, -0.15) is 40.6 Å². The number of phenols is 3. The van der Waals surface area contributed by atoms with Gasteiger partial charge in [0, 0.05) is 22.9 Å². The lowest BCUT2D eigenvalue weighted by Gasteiger charge is -2.12. The number of hydrogen-bond donors (Lipinski definition) is 8. The molecule has 9 N–H and O–H groups in total. The summed E-state index contributed by atoms with van der Waals surface area (Å²) in [5.74, 6) is -1.76. The number of aromatic hydroxyl groups is 3. The molecule has 0 heterocycles. The molecule has 0 unspecified atom stereocenters. The zero-order valence-corrected chi connectivity index (χ0v) is 37.8. The minimum atomic E-state index is -5.07. The average Bonchev–Trinajstić information content (AvgIpc) is 3.32. The lowest BCUT2D eigenvalue weighted by Crippen LogP contribution is -2.01. The first kappa shape index (κ1) is 48.7. The van der Waals surface area contributed by atoms with Crippen molar-refractivity contribution in [3.05, 3.63) is 131 Å². The van der Waals surface area contributed by atoms with E-state index in [4.69, 9.17) is 5.73 Å². The van der Waals surface area contributed by atoms with Crippen LogP contribution in [0.1, 0.15) is 5.56 Å². The monoisotopic (exact) mass is 1020 g/mol. The molecule has 0 aliphatic carbocycles. The fourth-order valence-corrected chi connectivity index (χ4v) is 8.98. The van der Waals surface area contributed by atoms with Crippen molar-refractivity contribution >= 4 is 120 Å². The van der Waals surface area contributed by atoms with Crippen LogP contribution in [0.2, 0.25) is 0 Å². The van der Waals surface area contributed by atoms with E-state index in [1.807, 2.05) is 0 Å². The largest absolute Gasteiger partial charge is 0.505 e. The van der Waals surface area contributed by atoms with Crippen LogP contribution in [0.15, 0.2) is 171 Å². The first-order chi connectivity index (χ1) is 33.5. The Hall–Kier alpha value is -8.77. The SMILES string of the molecule is Nc1c(N=Nc2ccc3cc(S(=O)(=O)O)c(N=Nc4ccc([N+](=O)[O-])cc4)c(O)c3c2)c(S(=O)(=O)O)cc2ccc(N=Nc3ccc4c(O)c(N=Nc5ccc(CO)cc5S(=O)(=O)O)ccc4c3)c(O)c12. The van der Waals surface area contributed by atoms with E-state index in [0.29, 0.717) is 5.39 Å². The standard InChI is InChI=1S/C43H30N10O15S3/c44-38-37-24(4-14-33(43(37)57)49-46-26-8-11-29-22(16-26)3-13-32(41(29)55)50-48-31-12-1-21(20-54)15-34(31)69(60,61)62)18-35(70(63,64)65)39(38)51-47-27-5-2-23-17-36(71(66,67)68)40(42(56)30(23)19-27)52-45-25-6-9-28(10-7-25)53(58)59/h1-19,54-57H,20,44H2,(H,60,61,62)(H,63,64,65)(H,66,67,68). The van der Waals surface area contributed by atoms with E-state index in [-0.39, 0.29) is 78.1 Å². The molecular weight excluding hydrogens is 993 g/mol. The molecule has 360 valence electrons. The Labute approximate surface area is 398 Å². The van der Waals surface area contributed by atoms with Crippen molar-refractivity contribution in [3.63, 3.8) is 0 Å². The van der Waals surface area contributed by atoms with Crippen LogP contribution in [-0.2, 0) is 37.0 Å². The van der Waals surface area contributed by atoms with Crippen molar-refractivity contribution in [2.24, 2.45) is 40.9 Å². The van der Waals surface area contributed by atoms with Crippen LogP contribution >= 0.6 is 0 Å². The van der Waals surface area contributed by atoms with Gasteiger partial charge >= 0.3 is 0 Å². The van der Waals surface area contributed by atoms with Gasteiger partial charge in [0.2, 0.25) is 0 Å².